The molecule has 76 valence electrons. The zero-order valence-corrected chi connectivity index (χ0v) is 8.49. The van der Waals surface area contributed by atoms with Gasteiger partial charge in [-0.05, 0) is 30.7 Å². The number of nitrogens with zero attached hydrogens (tertiary/aromatic N) is 2. The molecule has 4 nitrogen and oxygen atoms in total. The van der Waals surface area contributed by atoms with E-state index in [0.29, 0.717) is 0 Å². The molecule has 1 aromatic carbocycles. The molecule has 0 spiro atoms. The first-order valence-electron chi connectivity index (χ1n) is 4.97. The van der Waals surface area contributed by atoms with Gasteiger partial charge in [0.2, 0.25) is 0 Å². The molecule has 0 unspecified atom stereocenters. The van der Waals surface area contributed by atoms with Crippen molar-refractivity contribution in [3.8, 4) is 0 Å². The number of H-pyrrole nitrogens is 1. The van der Waals surface area contributed by atoms with Crippen LogP contribution in [0.25, 0.3) is 10.9 Å². The second kappa shape index (κ2) is 3.02. The van der Waals surface area contributed by atoms with Crippen molar-refractivity contribution in [1.29, 1.82) is 0 Å². The van der Waals surface area contributed by atoms with Gasteiger partial charge in [0.05, 0.1) is 23.9 Å². The number of aryl methyl sites for hydroxylation is 1. The lowest BCUT2D eigenvalue weighted by Gasteiger charge is -2.20. The third kappa shape index (κ3) is 1.26. The monoisotopic (exact) mass is 200 g/mol. The molecule has 0 aliphatic carbocycles. The maximum atomic E-state index is 4.03. The van der Waals surface area contributed by atoms with Crippen molar-refractivity contribution in [3.63, 3.8) is 0 Å². The van der Waals surface area contributed by atoms with Crippen molar-refractivity contribution < 1.29 is 0 Å². The molecule has 1 aliphatic rings. The Hall–Kier alpha value is -1.97. The van der Waals surface area contributed by atoms with Gasteiger partial charge in [-0.2, -0.15) is 5.10 Å². The summed E-state index contributed by atoms with van der Waals surface area (Å²) in [6.45, 7) is 3.01. The second-order valence-corrected chi connectivity index (χ2v) is 3.74. The van der Waals surface area contributed by atoms with E-state index in [1.165, 1.54) is 11.3 Å². The van der Waals surface area contributed by atoms with Crippen molar-refractivity contribution in [2.75, 3.05) is 11.6 Å². The molecule has 0 amide bonds. The molecule has 0 bridgehead atoms. The van der Waals surface area contributed by atoms with Crippen molar-refractivity contribution >= 4 is 16.6 Å². The lowest BCUT2D eigenvalue weighted by atomic mass is 10.1. The number of aromatic amines is 1. The maximum absolute atomic E-state index is 4.03. The van der Waals surface area contributed by atoms with E-state index < -0.39 is 0 Å². The quantitative estimate of drug-likeness (QED) is 0.736. The molecule has 2 heterocycles. The van der Waals surface area contributed by atoms with E-state index in [1.807, 2.05) is 12.4 Å². The van der Waals surface area contributed by atoms with Crippen LogP contribution in [0.15, 0.2) is 30.6 Å². The van der Waals surface area contributed by atoms with Crippen molar-refractivity contribution in [2.24, 2.45) is 0 Å². The molecule has 1 aliphatic heterocycles. The highest BCUT2D eigenvalue weighted by Gasteiger charge is 2.11. The Kier molecular flexibility index (Phi) is 1.68. The van der Waals surface area contributed by atoms with E-state index in [0.717, 1.165) is 17.4 Å². The van der Waals surface area contributed by atoms with Crippen LogP contribution in [0.1, 0.15) is 5.56 Å². The van der Waals surface area contributed by atoms with Crippen LogP contribution in [0, 0.1) is 6.92 Å². The van der Waals surface area contributed by atoms with Crippen LogP contribution in [0.2, 0.25) is 0 Å². The molecule has 2 N–H and O–H groups in total. The van der Waals surface area contributed by atoms with Crippen LogP contribution in [-0.4, -0.2) is 16.7 Å². The summed E-state index contributed by atoms with van der Waals surface area (Å²) in [7, 11) is 0. The Balaban J connectivity index is 2.12. The smallest absolute Gasteiger partial charge is 0.0654 e. The lowest BCUT2D eigenvalue weighted by Crippen LogP contribution is -2.30. The molecule has 0 atom stereocenters. The highest BCUT2D eigenvalue weighted by Crippen LogP contribution is 2.25. The molecular formula is C11H12N4. The predicted molar refractivity (Wildman–Crippen MR) is 60.5 cm³/mol. The summed E-state index contributed by atoms with van der Waals surface area (Å²) in [5, 5.41) is 10.3. The van der Waals surface area contributed by atoms with E-state index in [4.69, 9.17) is 0 Å². The van der Waals surface area contributed by atoms with Gasteiger partial charge in [0.15, 0.2) is 0 Å². The summed E-state index contributed by atoms with van der Waals surface area (Å²) in [5.74, 6) is 0. The zero-order valence-electron chi connectivity index (χ0n) is 8.49. The molecule has 1 aromatic heterocycles. The fourth-order valence-electron chi connectivity index (χ4n) is 1.90. The summed E-state index contributed by atoms with van der Waals surface area (Å²) in [5.41, 5.74) is 6.72. The second-order valence-electron chi connectivity index (χ2n) is 3.74. The first-order valence-corrected chi connectivity index (χ1v) is 4.97. The Labute approximate surface area is 87.6 Å². The van der Waals surface area contributed by atoms with Gasteiger partial charge < -0.3 is 5.43 Å². The summed E-state index contributed by atoms with van der Waals surface area (Å²) < 4.78 is 0. The van der Waals surface area contributed by atoms with Crippen LogP contribution in [0.5, 0.6) is 0 Å². The predicted octanol–water partition coefficient (Wildman–Crippen LogP) is 1.71. The van der Waals surface area contributed by atoms with Gasteiger partial charge in [-0.1, -0.05) is 0 Å². The van der Waals surface area contributed by atoms with Crippen LogP contribution < -0.4 is 10.4 Å². The van der Waals surface area contributed by atoms with E-state index >= 15 is 0 Å². The summed E-state index contributed by atoms with van der Waals surface area (Å²) in [6.07, 6.45) is 5.90. The van der Waals surface area contributed by atoms with Gasteiger partial charge in [0.1, 0.15) is 0 Å². The number of hydrazine groups is 1. The third-order valence-electron chi connectivity index (χ3n) is 2.68. The molecule has 4 heteroatoms. The highest BCUT2D eigenvalue weighted by atomic mass is 15.5. The zero-order chi connectivity index (χ0) is 10.3. The largest absolute Gasteiger partial charge is 0.306 e. The Bertz CT molecular complexity index is 518. The van der Waals surface area contributed by atoms with Crippen LogP contribution >= 0.6 is 0 Å². The van der Waals surface area contributed by atoms with Crippen molar-refractivity contribution in [2.45, 2.75) is 6.92 Å². The number of hydrogen-bond acceptors (Lipinski definition) is 3. The van der Waals surface area contributed by atoms with Crippen LogP contribution in [0.4, 0.5) is 5.69 Å². The number of nitrogens with one attached hydrogen (secondary N) is 2. The molecule has 0 radical (unpaired) electrons. The molecule has 0 fully saturated rings. The molecule has 2 aromatic rings. The van der Waals surface area contributed by atoms with E-state index in [2.05, 4.69) is 45.8 Å². The fourth-order valence-corrected chi connectivity index (χ4v) is 1.90. The number of anilines is 1. The number of fused-ring (bicyclic) bond motifs is 1. The van der Waals surface area contributed by atoms with Crippen LogP contribution in [0.3, 0.4) is 0 Å². The van der Waals surface area contributed by atoms with E-state index in [9.17, 15) is 0 Å². The minimum atomic E-state index is 0.907. The first kappa shape index (κ1) is 8.35. The normalized spacial score (nSPS) is 14.9. The van der Waals surface area contributed by atoms with E-state index in [1.54, 1.807) is 0 Å². The number of rotatable bonds is 1. The highest BCUT2D eigenvalue weighted by molar-refractivity contribution is 5.83. The van der Waals surface area contributed by atoms with Crippen molar-refractivity contribution in [1.82, 2.24) is 15.6 Å². The van der Waals surface area contributed by atoms with Gasteiger partial charge in [-0.25, -0.2) is 0 Å². The molecule has 15 heavy (non-hydrogen) atoms. The summed E-state index contributed by atoms with van der Waals surface area (Å²) in [6, 6.07) is 4.27. The third-order valence-corrected chi connectivity index (χ3v) is 2.68. The van der Waals surface area contributed by atoms with Gasteiger partial charge in [0.25, 0.3) is 0 Å². The Morgan fingerprint density at radius 3 is 3.13 bits per heavy atom. The molecular weight excluding hydrogens is 188 g/mol. The summed E-state index contributed by atoms with van der Waals surface area (Å²) >= 11 is 0. The first-order chi connectivity index (χ1) is 7.34. The minimum Gasteiger partial charge on any atom is -0.306 e. The van der Waals surface area contributed by atoms with Crippen LogP contribution in [-0.2, 0) is 0 Å². The number of benzene rings is 1. The SMILES string of the molecule is Cc1cc2[nH]ncc2cc1N1CC=CN1. The van der Waals surface area contributed by atoms with Crippen molar-refractivity contribution in [3.05, 3.63) is 36.2 Å². The van der Waals surface area contributed by atoms with Gasteiger partial charge in [-0.3, -0.25) is 10.1 Å². The Morgan fingerprint density at radius 2 is 2.33 bits per heavy atom. The Morgan fingerprint density at radius 1 is 1.40 bits per heavy atom. The van der Waals surface area contributed by atoms with Gasteiger partial charge in [-0.15, -0.1) is 0 Å². The molecule has 0 saturated carbocycles. The standard InChI is InChI=1S/C11H12N4/c1-8-5-10-9(7-12-14-10)6-11(8)15-4-2-3-13-15/h2-3,5-7,13H,4H2,1H3,(H,12,14). The summed E-state index contributed by atoms with van der Waals surface area (Å²) in [4.78, 5) is 0. The fraction of sp³-hybridized carbons (Fsp3) is 0.182. The topological polar surface area (TPSA) is 44.0 Å². The number of hydrogen-bond donors (Lipinski definition) is 2. The number of aromatic nitrogens is 2. The van der Waals surface area contributed by atoms with Gasteiger partial charge in [0, 0.05) is 11.6 Å². The average molecular weight is 200 g/mol. The minimum absolute atomic E-state index is 0.907. The van der Waals surface area contributed by atoms with E-state index in [-0.39, 0.29) is 0 Å². The molecule has 0 saturated heterocycles. The average Bonchev–Trinajstić information content (AvgIpc) is 2.85. The lowest BCUT2D eigenvalue weighted by molar-refractivity contribution is 0.837. The maximum Gasteiger partial charge on any atom is 0.0654 e. The van der Waals surface area contributed by atoms with Gasteiger partial charge >= 0.3 is 0 Å². The molecule has 3 rings (SSSR count).